The standard InChI is InChI=1S/C12H12N8O5/c1-8(7-18-16-12(15-17-18)20(24)25)13-14-11(21)6-9-2-4-10(5-3-9)19(22)23/h2-5H,6-7H2,1H3,(H,14,21)/b13-8+. The van der Waals surface area contributed by atoms with Crippen molar-refractivity contribution in [3.63, 3.8) is 0 Å². The molecule has 0 saturated heterocycles. The highest BCUT2D eigenvalue weighted by Crippen LogP contribution is 2.12. The van der Waals surface area contributed by atoms with Crippen LogP contribution in [0.25, 0.3) is 0 Å². The molecule has 0 aliphatic rings. The van der Waals surface area contributed by atoms with Crippen LogP contribution in [0.1, 0.15) is 12.5 Å². The van der Waals surface area contributed by atoms with E-state index in [-0.39, 0.29) is 18.7 Å². The monoisotopic (exact) mass is 348 g/mol. The fraction of sp³-hybridized carbons (Fsp3) is 0.250. The number of hydrazone groups is 1. The summed E-state index contributed by atoms with van der Waals surface area (Å²) in [6.07, 6.45) is -0.0121. The Morgan fingerprint density at radius 1 is 1.24 bits per heavy atom. The first kappa shape index (κ1) is 17.6. The third kappa shape index (κ3) is 5.12. The quantitative estimate of drug-likeness (QED) is 0.420. The second-order valence-electron chi connectivity index (χ2n) is 4.86. The topological polar surface area (TPSA) is 171 Å². The maximum atomic E-state index is 11.8. The van der Waals surface area contributed by atoms with Gasteiger partial charge in [0.1, 0.15) is 6.54 Å². The molecule has 0 fully saturated rings. The third-order valence-corrected chi connectivity index (χ3v) is 2.86. The fourth-order valence-electron chi connectivity index (χ4n) is 1.73. The predicted molar refractivity (Wildman–Crippen MR) is 82.5 cm³/mol. The molecule has 0 unspecified atom stereocenters. The SMILES string of the molecule is C/C(Cn1nnc([N+](=O)[O-])n1)=N\NC(=O)Cc1ccc([N+](=O)[O-])cc1. The Bertz CT molecular complexity index is 828. The molecule has 25 heavy (non-hydrogen) atoms. The van der Waals surface area contributed by atoms with Crippen LogP contribution in [0.2, 0.25) is 0 Å². The van der Waals surface area contributed by atoms with Crippen molar-refractivity contribution in [2.45, 2.75) is 19.9 Å². The van der Waals surface area contributed by atoms with Crippen LogP contribution in [0, 0.1) is 20.2 Å². The molecule has 1 heterocycles. The van der Waals surface area contributed by atoms with Crippen LogP contribution < -0.4 is 5.43 Å². The predicted octanol–water partition coefficient (Wildman–Crippen LogP) is 0.224. The molecule has 13 heteroatoms. The summed E-state index contributed by atoms with van der Waals surface area (Å²) in [6.45, 7) is 1.58. The maximum absolute atomic E-state index is 11.8. The van der Waals surface area contributed by atoms with Gasteiger partial charge in [-0.05, 0) is 17.4 Å². The van der Waals surface area contributed by atoms with Gasteiger partial charge in [-0.15, -0.1) is 0 Å². The van der Waals surface area contributed by atoms with Crippen molar-refractivity contribution in [2.24, 2.45) is 5.10 Å². The van der Waals surface area contributed by atoms with E-state index in [0.717, 1.165) is 4.80 Å². The molecule has 13 nitrogen and oxygen atoms in total. The number of tetrazole rings is 1. The molecule has 1 N–H and O–H groups in total. The second kappa shape index (κ2) is 7.67. The summed E-state index contributed by atoms with van der Waals surface area (Å²) in [7, 11) is 0. The van der Waals surface area contributed by atoms with Crippen LogP contribution in [0.5, 0.6) is 0 Å². The van der Waals surface area contributed by atoms with E-state index in [2.05, 4.69) is 25.9 Å². The zero-order valence-electron chi connectivity index (χ0n) is 12.9. The highest BCUT2D eigenvalue weighted by molar-refractivity contribution is 5.84. The number of nitro groups is 2. The summed E-state index contributed by atoms with van der Waals surface area (Å²) >= 11 is 0. The molecule has 1 aromatic heterocycles. The van der Waals surface area contributed by atoms with Gasteiger partial charge >= 0.3 is 5.95 Å². The normalized spacial score (nSPS) is 11.2. The lowest BCUT2D eigenvalue weighted by Crippen LogP contribution is -2.22. The average Bonchev–Trinajstić information content (AvgIpc) is 3.02. The number of rotatable bonds is 7. The van der Waals surface area contributed by atoms with Crippen LogP contribution >= 0.6 is 0 Å². The molecule has 1 aromatic carbocycles. The zero-order valence-corrected chi connectivity index (χ0v) is 12.9. The van der Waals surface area contributed by atoms with Crippen molar-refractivity contribution < 1.29 is 14.6 Å². The Labute approximate surface area is 139 Å². The van der Waals surface area contributed by atoms with Gasteiger partial charge in [0, 0.05) is 17.3 Å². The summed E-state index contributed by atoms with van der Waals surface area (Å²) < 4.78 is 0. The smallest absolute Gasteiger partial charge is 0.390 e. The number of carbonyl (C=O) groups is 1. The summed E-state index contributed by atoms with van der Waals surface area (Å²) in [5.74, 6) is -1.05. The Hall–Kier alpha value is -3.77. The van der Waals surface area contributed by atoms with E-state index in [1.807, 2.05) is 0 Å². The van der Waals surface area contributed by atoms with Crippen LogP contribution in [-0.4, -0.2) is 41.7 Å². The minimum absolute atomic E-state index is 0.0121. The molecule has 0 aliphatic carbocycles. The highest BCUT2D eigenvalue weighted by atomic mass is 16.6. The first-order chi connectivity index (χ1) is 11.8. The number of carbonyl (C=O) groups excluding carboxylic acids is 1. The van der Waals surface area contributed by atoms with Gasteiger partial charge in [-0.2, -0.15) is 5.10 Å². The number of hydrogen-bond donors (Lipinski definition) is 1. The minimum Gasteiger partial charge on any atom is -0.390 e. The van der Waals surface area contributed by atoms with Gasteiger partial charge < -0.3 is 10.1 Å². The van der Waals surface area contributed by atoms with Crippen LogP contribution in [0.4, 0.5) is 11.6 Å². The molecule has 0 spiro atoms. The summed E-state index contributed by atoms with van der Waals surface area (Å²) in [5.41, 5.74) is 3.23. The lowest BCUT2D eigenvalue weighted by Gasteiger charge is -2.02. The van der Waals surface area contributed by atoms with Crippen LogP contribution in [0.3, 0.4) is 0 Å². The largest absolute Gasteiger partial charge is 0.514 e. The molecule has 0 atom stereocenters. The van der Waals surface area contributed by atoms with Gasteiger partial charge in [0.2, 0.25) is 5.91 Å². The number of amides is 1. The molecule has 2 rings (SSSR count). The van der Waals surface area contributed by atoms with Gasteiger partial charge in [-0.1, -0.05) is 16.9 Å². The van der Waals surface area contributed by atoms with Crippen molar-refractivity contribution >= 4 is 23.3 Å². The molecular weight excluding hydrogens is 336 g/mol. The molecule has 2 aromatic rings. The van der Waals surface area contributed by atoms with E-state index >= 15 is 0 Å². The van der Waals surface area contributed by atoms with Crippen molar-refractivity contribution in [1.29, 1.82) is 0 Å². The highest BCUT2D eigenvalue weighted by Gasteiger charge is 2.15. The first-order valence-electron chi connectivity index (χ1n) is 6.82. The van der Waals surface area contributed by atoms with Crippen molar-refractivity contribution in [1.82, 2.24) is 25.6 Å². The van der Waals surface area contributed by atoms with E-state index in [4.69, 9.17) is 0 Å². The average molecular weight is 348 g/mol. The molecule has 0 aliphatic heterocycles. The molecule has 1 amide bonds. The third-order valence-electron chi connectivity index (χ3n) is 2.86. The Balaban J connectivity index is 1.87. The summed E-state index contributed by atoms with van der Waals surface area (Å²) in [5, 5.41) is 35.1. The molecule has 0 bridgehead atoms. The first-order valence-corrected chi connectivity index (χ1v) is 6.82. The van der Waals surface area contributed by atoms with E-state index in [9.17, 15) is 25.0 Å². The Morgan fingerprint density at radius 3 is 2.48 bits per heavy atom. The Morgan fingerprint density at radius 2 is 1.92 bits per heavy atom. The molecule has 130 valence electrons. The van der Waals surface area contributed by atoms with E-state index < -0.39 is 21.7 Å². The molecular formula is C12H12N8O5. The van der Waals surface area contributed by atoms with Gasteiger partial charge in [-0.25, -0.2) is 5.43 Å². The number of hydrogen-bond acceptors (Lipinski definition) is 9. The molecule has 0 saturated carbocycles. The summed E-state index contributed by atoms with van der Waals surface area (Å²) in [6, 6.07) is 5.57. The van der Waals surface area contributed by atoms with Gasteiger partial charge in [0.25, 0.3) is 5.69 Å². The number of nitrogens with zero attached hydrogens (tertiary/aromatic N) is 7. The fourth-order valence-corrected chi connectivity index (χ4v) is 1.73. The van der Waals surface area contributed by atoms with E-state index in [1.54, 1.807) is 6.92 Å². The zero-order chi connectivity index (χ0) is 18.4. The van der Waals surface area contributed by atoms with Gasteiger partial charge in [-0.3, -0.25) is 14.9 Å². The van der Waals surface area contributed by atoms with Gasteiger partial charge in [0.05, 0.1) is 27.3 Å². The van der Waals surface area contributed by atoms with Crippen molar-refractivity contribution in [3.05, 3.63) is 50.1 Å². The lowest BCUT2D eigenvalue weighted by molar-refractivity contribution is -0.394. The van der Waals surface area contributed by atoms with Crippen molar-refractivity contribution in [2.75, 3.05) is 0 Å². The Kier molecular flexibility index (Phi) is 5.39. The number of aromatic nitrogens is 4. The van der Waals surface area contributed by atoms with Crippen LogP contribution in [-0.2, 0) is 17.8 Å². The minimum atomic E-state index is -0.776. The van der Waals surface area contributed by atoms with E-state index in [0.29, 0.717) is 11.3 Å². The number of nitrogens with one attached hydrogen (secondary N) is 1. The number of benzene rings is 1. The van der Waals surface area contributed by atoms with E-state index in [1.165, 1.54) is 24.3 Å². The van der Waals surface area contributed by atoms with Crippen molar-refractivity contribution in [3.8, 4) is 0 Å². The van der Waals surface area contributed by atoms with Gasteiger partial charge in [0.15, 0.2) is 0 Å². The van der Waals surface area contributed by atoms with Crippen LogP contribution in [0.15, 0.2) is 29.4 Å². The summed E-state index contributed by atoms with van der Waals surface area (Å²) in [4.78, 5) is 32.5. The molecule has 0 radical (unpaired) electrons. The number of nitro benzene ring substituents is 1. The second-order valence-corrected chi connectivity index (χ2v) is 4.86. The maximum Gasteiger partial charge on any atom is 0.514 e. The lowest BCUT2D eigenvalue weighted by atomic mass is 10.1. The number of non-ortho nitro benzene ring substituents is 1.